The zero-order chi connectivity index (χ0) is 21.7. The second kappa shape index (κ2) is 19.7. The van der Waals surface area contributed by atoms with Crippen LogP contribution in [-0.4, -0.2) is 38.1 Å². The Morgan fingerprint density at radius 3 is 1.63 bits per heavy atom. The highest BCUT2D eigenvalue weighted by molar-refractivity contribution is 5.31. The lowest BCUT2D eigenvalue weighted by Gasteiger charge is -2.13. The fraction of sp³-hybridized carbons (Fsp3) is 0.769. The van der Waals surface area contributed by atoms with Crippen LogP contribution in [0.3, 0.4) is 0 Å². The third-order valence-corrected chi connectivity index (χ3v) is 5.45. The molecule has 0 unspecified atom stereocenters. The van der Waals surface area contributed by atoms with E-state index in [-0.39, 0.29) is 6.61 Å². The van der Waals surface area contributed by atoms with Gasteiger partial charge in [-0.15, -0.1) is 0 Å². The van der Waals surface area contributed by atoms with Crippen LogP contribution in [0.4, 0.5) is 0 Å². The van der Waals surface area contributed by atoms with Crippen molar-refractivity contribution < 1.29 is 19.3 Å². The minimum atomic E-state index is -0.598. The van der Waals surface area contributed by atoms with Gasteiger partial charge >= 0.3 is 0 Å². The van der Waals surface area contributed by atoms with Crippen molar-refractivity contribution in [3.05, 3.63) is 24.3 Å². The first-order chi connectivity index (χ1) is 14.8. The van der Waals surface area contributed by atoms with Crippen molar-refractivity contribution in [1.82, 2.24) is 0 Å². The number of aliphatic hydroxyl groups excluding tert-OH is 1. The fourth-order valence-electron chi connectivity index (χ4n) is 3.53. The average Bonchev–Trinajstić information content (AvgIpc) is 2.77. The van der Waals surface area contributed by atoms with Gasteiger partial charge < -0.3 is 19.3 Å². The van der Waals surface area contributed by atoms with Crippen molar-refractivity contribution >= 4 is 0 Å². The second-order valence-electron chi connectivity index (χ2n) is 8.31. The van der Waals surface area contributed by atoms with Gasteiger partial charge in [-0.1, -0.05) is 90.4 Å². The Kier molecular flexibility index (Phi) is 17.6. The van der Waals surface area contributed by atoms with Crippen LogP contribution in [0.15, 0.2) is 24.3 Å². The molecule has 4 nitrogen and oxygen atoms in total. The molecule has 174 valence electrons. The quantitative estimate of drug-likeness (QED) is 0.218. The highest BCUT2D eigenvalue weighted by Crippen LogP contribution is 2.17. The Bertz CT molecular complexity index is 474. The number of methoxy groups -OCH3 is 1. The standard InChI is InChI=1S/C26H46O4/c1-3-4-5-6-7-8-9-10-11-12-13-14-15-16-21-29-22-24(27)23-30-26-19-17-25(28-2)18-20-26/h17-20,24,27H,3-16,21-23H2,1-2H3/t24-/m1/s1. The highest BCUT2D eigenvalue weighted by Gasteiger charge is 2.06. The molecule has 1 rings (SSSR count). The normalized spacial score (nSPS) is 12.1. The molecule has 0 radical (unpaired) electrons. The number of hydrogen-bond acceptors (Lipinski definition) is 4. The summed E-state index contributed by atoms with van der Waals surface area (Å²) in [6, 6.07) is 7.35. The van der Waals surface area contributed by atoms with Gasteiger partial charge in [-0.25, -0.2) is 0 Å². The molecular weight excluding hydrogens is 376 g/mol. The number of benzene rings is 1. The molecule has 1 N–H and O–H groups in total. The lowest BCUT2D eigenvalue weighted by atomic mass is 10.0. The maximum absolute atomic E-state index is 9.95. The van der Waals surface area contributed by atoms with Crippen LogP contribution in [0.5, 0.6) is 11.5 Å². The van der Waals surface area contributed by atoms with Gasteiger partial charge in [0, 0.05) is 6.61 Å². The molecule has 0 fully saturated rings. The fourth-order valence-corrected chi connectivity index (χ4v) is 3.53. The van der Waals surface area contributed by atoms with E-state index in [0.717, 1.165) is 24.5 Å². The van der Waals surface area contributed by atoms with Crippen LogP contribution >= 0.6 is 0 Å². The van der Waals surface area contributed by atoms with E-state index < -0.39 is 6.10 Å². The molecular formula is C26H46O4. The van der Waals surface area contributed by atoms with Crippen LogP contribution < -0.4 is 9.47 Å². The van der Waals surface area contributed by atoms with E-state index in [9.17, 15) is 5.11 Å². The molecule has 0 aromatic heterocycles. The third kappa shape index (κ3) is 15.6. The first-order valence-electron chi connectivity index (χ1n) is 12.3. The number of rotatable bonds is 21. The number of ether oxygens (including phenoxy) is 3. The summed E-state index contributed by atoms with van der Waals surface area (Å²) in [6.07, 6.45) is 18.4. The predicted molar refractivity (Wildman–Crippen MR) is 126 cm³/mol. The molecule has 4 heteroatoms. The molecule has 0 saturated heterocycles. The van der Waals surface area contributed by atoms with Crippen LogP contribution in [0, 0.1) is 0 Å². The Labute approximate surface area is 185 Å². The molecule has 0 aliphatic carbocycles. The largest absolute Gasteiger partial charge is 0.497 e. The van der Waals surface area contributed by atoms with Gasteiger partial charge in [0.05, 0.1) is 13.7 Å². The Hall–Kier alpha value is -1.26. The molecule has 0 amide bonds. The summed E-state index contributed by atoms with van der Waals surface area (Å²) in [5.41, 5.74) is 0. The molecule has 1 aromatic rings. The maximum atomic E-state index is 9.95. The van der Waals surface area contributed by atoms with Crippen LogP contribution in [0.1, 0.15) is 96.8 Å². The van der Waals surface area contributed by atoms with Gasteiger partial charge in [0.1, 0.15) is 24.2 Å². The molecule has 1 aromatic carbocycles. The molecule has 0 spiro atoms. The van der Waals surface area contributed by atoms with Crippen molar-refractivity contribution in [2.75, 3.05) is 26.9 Å². The van der Waals surface area contributed by atoms with E-state index in [4.69, 9.17) is 14.2 Å². The second-order valence-corrected chi connectivity index (χ2v) is 8.31. The minimum Gasteiger partial charge on any atom is -0.497 e. The molecule has 0 aliphatic heterocycles. The van der Waals surface area contributed by atoms with Gasteiger partial charge in [-0.05, 0) is 30.7 Å². The molecule has 0 saturated carbocycles. The van der Waals surface area contributed by atoms with E-state index in [1.54, 1.807) is 7.11 Å². The summed E-state index contributed by atoms with van der Waals surface area (Å²) >= 11 is 0. The van der Waals surface area contributed by atoms with Crippen molar-refractivity contribution in [3.8, 4) is 11.5 Å². The molecule has 0 heterocycles. The average molecular weight is 423 g/mol. The van der Waals surface area contributed by atoms with E-state index in [2.05, 4.69) is 6.92 Å². The van der Waals surface area contributed by atoms with Gasteiger partial charge in [-0.2, -0.15) is 0 Å². The Morgan fingerprint density at radius 1 is 0.667 bits per heavy atom. The van der Waals surface area contributed by atoms with Gasteiger partial charge in [0.15, 0.2) is 0 Å². The summed E-state index contributed by atoms with van der Waals surface area (Å²) in [4.78, 5) is 0. The Balaban J connectivity index is 1.80. The summed E-state index contributed by atoms with van der Waals surface area (Å²) in [5.74, 6) is 1.52. The summed E-state index contributed by atoms with van der Waals surface area (Å²) in [6.45, 7) is 3.57. The zero-order valence-corrected chi connectivity index (χ0v) is 19.6. The van der Waals surface area contributed by atoms with E-state index in [0.29, 0.717) is 6.61 Å². The maximum Gasteiger partial charge on any atom is 0.119 e. The SMILES string of the molecule is CCCCCCCCCCCCCCCCOC[C@@H](O)COc1ccc(OC)cc1. The van der Waals surface area contributed by atoms with E-state index in [1.807, 2.05) is 24.3 Å². The number of hydrogen-bond donors (Lipinski definition) is 1. The lowest BCUT2D eigenvalue weighted by molar-refractivity contribution is 0.0109. The van der Waals surface area contributed by atoms with Crippen molar-refractivity contribution in [2.45, 2.75) is 103 Å². The smallest absolute Gasteiger partial charge is 0.119 e. The van der Waals surface area contributed by atoms with Crippen LogP contribution in [0.25, 0.3) is 0 Å². The molecule has 1 atom stereocenters. The van der Waals surface area contributed by atoms with E-state index in [1.165, 1.54) is 83.5 Å². The van der Waals surface area contributed by atoms with Gasteiger partial charge in [0.25, 0.3) is 0 Å². The molecule has 0 aliphatic rings. The summed E-state index contributed by atoms with van der Waals surface area (Å²) in [5, 5.41) is 9.95. The van der Waals surface area contributed by atoms with Crippen LogP contribution in [0.2, 0.25) is 0 Å². The summed E-state index contributed by atoms with van der Waals surface area (Å²) < 4.78 is 16.2. The Morgan fingerprint density at radius 2 is 1.13 bits per heavy atom. The van der Waals surface area contributed by atoms with Gasteiger partial charge in [-0.3, -0.25) is 0 Å². The number of unbranched alkanes of at least 4 members (excludes halogenated alkanes) is 13. The zero-order valence-electron chi connectivity index (χ0n) is 19.6. The van der Waals surface area contributed by atoms with Crippen LogP contribution in [-0.2, 0) is 4.74 Å². The van der Waals surface area contributed by atoms with E-state index >= 15 is 0 Å². The number of aliphatic hydroxyl groups is 1. The molecule has 0 bridgehead atoms. The first kappa shape index (κ1) is 26.8. The minimum absolute atomic E-state index is 0.241. The lowest BCUT2D eigenvalue weighted by Crippen LogP contribution is -2.23. The van der Waals surface area contributed by atoms with Crippen molar-refractivity contribution in [1.29, 1.82) is 0 Å². The topological polar surface area (TPSA) is 47.9 Å². The van der Waals surface area contributed by atoms with Crippen molar-refractivity contribution in [3.63, 3.8) is 0 Å². The van der Waals surface area contributed by atoms with Gasteiger partial charge in [0.2, 0.25) is 0 Å². The van der Waals surface area contributed by atoms with Crippen molar-refractivity contribution in [2.24, 2.45) is 0 Å². The third-order valence-electron chi connectivity index (χ3n) is 5.45. The predicted octanol–water partition coefficient (Wildman–Crippen LogP) is 6.93. The molecule has 30 heavy (non-hydrogen) atoms. The monoisotopic (exact) mass is 422 g/mol. The highest BCUT2D eigenvalue weighted by atomic mass is 16.5. The summed E-state index contributed by atoms with van der Waals surface area (Å²) in [7, 11) is 1.63. The first-order valence-corrected chi connectivity index (χ1v) is 12.3.